The third-order valence-electron chi connectivity index (χ3n) is 9.77. The zero-order valence-corrected chi connectivity index (χ0v) is 27.2. The van der Waals surface area contributed by atoms with Crippen molar-refractivity contribution in [3.63, 3.8) is 0 Å². The number of carbonyl (C=O) groups excluding carboxylic acids is 2. The van der Waals surface area contributed by atoms with Crippen molar-refractivity contribution in [2.75, 3.05) is 62.0 Å². The van der Waals surface area contributed by atoms with Crippen molar-refractivity contribution in [2.45, 2.75) is 51.5 Å². The van der Waals surface area contributed by atoms with E-state index in [1.807, 2.05) is 67.4 Å². The highest BCUT2D eigenvalue weighted by Crippen LogP contribution is 2.47. The molecular formula is C37H44N6O3. The fourth-order valence-electron chi connectivity index (χ4n) is 7.10. The van der Waals surface area contributed by atoms with Crippen LogP contribution in [0.4, 0.5) is 28.6 Å². The molecule has 1 aromatic heterocycles. The third kappa shape index (κ3) is 6.08. The lowest BCUT2D eigenvalue weighted by molar-refractivity contribution is 0.0786. The van der Waals surface area contributed by atoms with Crippen molar-refractivity contribution < 1.29 is 14.3 Å². The number of ether oxygens (including phenoxy) is 1. The monoisotopic (exact) mass is 620 g/mol. The minimum atomic E-state index is -0.0416. The second-order valence-electron chi connectivity index (χ2n) is 13.1. The van der Waals surface area contributed by atoms with E-state index in [0.29, 0.717) is 41.3 Å². The number of amides is 2. The first-order valence-electron chi connectivity index (χ1n) is 16.8. The zero-order chi connectivity index (χ0) is 31.8. The van der Waals surface area contributed by atoms with Gasteiger partial charge < -0.3 is 29.7 Å². The number of rotatable bonds is 8. The molecule has 1 unspecified atom stereocenters. The van der Waals surface area contributed by atoms with E-state index in [9.17, 15) is 9.59 Å². The normalized spacial score (nSPS) is 20.1. The number of anilines is 5. The predicted octanol–water partition coefficient (Wildman–Crippen LogP) is 6.62. The van der Waals surface area contributed by atoms with Crippen LogP contribution in [0.15, 0.2) is 66.4 Å². The summed E-state index contributed by atoms with van der Waals surface area (Å²) < 4.78 is 6.05. The van der Waals surface area contributed by atoms with Crippen molar-refractivity contribution in [1.29, 1.82) is 0 Å². The number of carbonyl (C=O) groups is 2. The Balaban J connectivity index is 1.10. The van der Waals surface area contributed by atoms with Gasteiger partial charge in [0.2, 0.25) is 0 Å². The number of hydrogen-bond acceptors (Lipinski definition) is 7. The van der Waals surface area contributed by atoms with Crippen LogP contribution in [0.25, 0.3) is 0 Å². The van der Waals surface area contributed by atoms with Gasteiger partial charge in [0.1, 0.15) is 11.6 Å². The SMILES string of the molecule is CCOc1cc(C(=O)N2CCC(CC3=CCCN(C)CC3)C2)ccc1Nc1cc2c(cn1)N(C)C(=O)c1ccccc1N2C1CC1. The van der Waals surface area contributed by atoms with Crippen molar-refractivity contribution in [3.05, 3.63) is 77.5 Å². The molecule has 1 aliphatic carbocycles. The van der Waals surface area contributed by atoms with Gasteiger partial charge in [-0.3, -0.25) is 9.59 Å². The molecule has 1 N–H and O–H groups in total. The van der Waals surface area contributed by atoms with E-state index in [1.54, 1.807) is 16.7 Å². The predicted molar refractivity (Wildman–Crippen MR) is 183 cm³/mol. The number of pyridine rings is 1. The van der Waals surface area contributed by atoms with Gasteiger partial charge in [-0.1, -0.05) is 23.8 Å². The summed E-state index contributed by atoms with van der Waals surface area (Å²) in [5, 5.41) is 3.45. The minimum Gasteiger partial charge on any atom is -0.492 e. The Hall–Kier alpha value is -4.37. The number of aromatic nitrogens is 1. The fraction of sp³-hybridized carbons (Fsp3) is 0.432. The Morgan fingerprint density at radius 3 is 2.67 bits per heavy atom. The molecule has 1 saturated carbocycles. The van der Waals surface area contributed by atoms with Gasteiger partial charge in [-0.2, -0.15) is 0 Å². The van der Waals surface area contributed by atoms with Crippen LogP contribution in [0.2, 0.25) is 0 Å². The average molecular weight is 621 g/mol. The zero-order valence-electron chi connectivity index (χ0n) is 27.2. The van der Waals surface area contributed by atoms with Gasteiger partial charge in [0.15, 0.2) is 0 Å². The molecule has 4 heterocycles. The molecule has 0 spiro atoms. The molecule has 9 nitrogen and oxygen atoms in total. The molecule has 3 aliphatic heterocycles. The van der Waals surface area contributed by atoms with E-state index in [0.717, 1.165) is 87.5 Å². The number of fused-ring (bicyclic) bond motifs is 2. The molecule has 2 aromatic carbocycles. The molecule has 1 saturated heterocycles. The van der Waals surface area contributed by atoms with Gasteiger partial charge in [0.05, 0.1) is 41.1 Å². The number of nitrogens with zero attached hydrogens (tertiary/aromatic N) is 5. The first-order valence-corrected chi connectivity index (χ1v) is 16.8. The van der Waals surface area contributed by atoms with Crippen LogP contribution >= 0.6 is 0 Å². The maximum absolute atomic E-state index is 13.6. The molecule has 2 amide bonds. The molecule has 9 heteroatoms. The summed E-state index contributed by atoms with van der Waals surface area (Å²) in [6, 6.07) is 15.8. The summed E-state index contributed by atoms with van der Waals surface area (Å²) in [6.45, 7) is 6.25. The van der Waals surface area contributed by atoms with E-state index in [2.05, 4.69) is 28.2 Å². The van der Waals surface area contributed by atoms with Crippen molar-refractivity contribution in [3.8, 4) is 5.75 Å². The lowest BCUT2D eigenvalue weighted by Crippen LogP contribution is -2.28. The maximum atomic E-state index is 13.6. The van der Waals surface area contributed by atoms with Gasteiger partial charge in [0, 0.05) is 50.9 Å². The van der Waals surface area contributed by atoms with Crippen LogP contribution in [0.1, 0.15) is 66.2 Å². The summed E-state index contributed by atoms with van der Waals surface area (Å²) in [5.74, 6) is 1.79. The molecule has 0 radical (unpaired) electrons. The molecule has 0 bridgehead atoms. The highest BCUT2D eigenvalue weighted by molar-refractivity contribution is 6.13. The topological polar surface area (TPSA) is 81.2 Å². The molecule has 46 heavy (non-hydrogen) atoms. The van der Waals surface area contributed by atoms with Gasteiger partial charge >= 0.3 is 0 Å². The Morgan fingerprint density at radius 1 is 1.00 bits per heavy atom. The van der Waals surface area contributed by atoms with E-state index in [4.69, 9.17) is 9.72 Å². The molecular weight excluding hydrogens is 576 g/mol. The summed E-state index contributed by atoms with van der Waals surface area (Å²) in [6.07, 6.45) is 10.7. The van der Waals surface area contributed by atoms with Gasteiger partial charge in [0.25, 0.3) is 11.8 Å². The average Bonchev–Trinajstić information content (AvgIpc) is 3.84. The second kappa shape index (κ2) is 12.8. The van der Waals surface area contributed by atoms with E-state index in [-0.39, 0.29) is 11.8 Å². The number of likely N-dealkylation sites (tertiary alicyclic amines) is 1. The largest absolute Gasteiger partial charge is 0.492 e. The standard InChI is InChI=1S/C37H44N6O3/c1-4-46-34-21-27(36(44)42-19-16-26(24-42)20-25-8-7-17-40(2)18-15-25)11-14-30(34)39-35-22-32-33(23-38-35)41(3)37(45)29-9-5-6-10-31(29)43(32)28-12-13-28/h5-6,8-11,14,21-23,26,28H,4,7,12-13,15-20,24H2,1-3H3,(H,38,39). The van der Waals surface area contributed by atoms with Crippen LogP contribution in [-0.4, -0.2) is 79.5 Å². The minimum absolute atomic E-state index is 0.0416. The highest BCUT2D eigenvalue weighted by Gasteiger charge is 2.38. The Kier molecular flexibility index (Phi) is 8.42. The Labute approximate surface area is 271 Å². The first kappa shape index (κ1) is 30.3. The molecule has 1 atom stereocenters. The van der Waals surface area contributed by atoms with Crippen LogP contribution in [0.3, 0.4) is 0 Å². The molecule has 7 rings (SSSR count). The molecule has 240 valence electrons. The van der Waals surface area contributed by atoms with Gasteiger partial charge in [-0.05, 0) is 88.7 Å². The van der Waals surface area contributed by atoms with E-state index >= 15 is 0 Å². The Morgan fingerprint density at radius 2 is 1.85 bits per heavy atom. The summed E-state index contributed by atoms with van der Waals surface area (Å²) in [5.41, 5.74) is 6.27. The molecule has 4 aliphatic rings. The summed E-state index contributed by atoms with van der Waals surface area (Å²) in [7, 11) is 4.00. The van der Waals surface area contributed by atoms with Gasteiger partial charge in [-0.15, -0.1) is 0 Å². The van der Waals surface area contributed by atoms with Crippen molar-refractivity contribution in [1.82, 2.24) is 14.8 Å². The van der Waals surface area contributed by atoms with Crippen LogP contribution in [-0.2, 0) is 0 Å². The number of para-hydroxylation sites is 1. The fourth-order valence-corrected chi connectivity index (χ4v) is 7.10. The lowest BCUT2D eigenvalue weighted by Gasteiger charge is -2.27. The smallest absolute Gasteiger partial charge is 0.260 e. The van der Waals surface area contributed by atoms with Crippen LogP contribution < -0.4 is 19.9 Å². The quantitative estimate of drug-likeness (QED) is 0.284. The number of nitrogens with one attached hydrogen (secondary N) is 1. The highest BCUT2D eigenvalue weighted by atomic mass is 16.5. The van der Waals surface area contributed by atoms with Crippen molar-refractivity contribution >= 4 is 40.4 Å². The van der Waals surface area contributed by atoms with Gasteiger partial charge in [-0.25, -0.2) is 4.98 Å². The maximum Gasteiger partial charge on any atom is 0.260 e. The second-order valence-corrected chi connectivity index (χ2v) is 13.1. The lowest BCUT2D eigenvalue weighted by atomic mass is 9.96. The number of hydrogen-bond donors (Lipinski definition) is 1. The van der Waals surface area contributed by atoms with E-state index in [1.165, 1.54) is 0 Å². The third-order valence-corrected chi connectivity index (χ3v) is 9.77. The molecule has 2 fully saturated rings. The number of benzene rings is 2. The van der Waals surface area contributed by atoms with Crippen LogP contribution in [0.5, 0.6) is 5.75 Å². The first-order chi connectivity index (χ1) is 22.4. The molecule has 3 aromatic rings. The van der Waals surface area contributed by atoms with E-state index < -0.39 is 0 Å². The summed E-state index contributed by atoms with van der Waals surface area (Å²) in [4.78, 5) is 40.1. The van der Waals surface area contributed by atoms with Crippen molar-refractivity contribution in [2.24, 2.45) is 5.92 Å². The Bertz CT molecular complexity index is 1670. The van der Waals surface area contributed by atoms with Crippen LogP contribution in [0, 0.1) is 5.92 Å². The summed E-state index contributed by atoms with van der Waals surface area (Å²) >= 11 is 0.